The van der Waals surface area contributed by atoms with Gasteiger partial charge in [-0.2, -0.15) is 0 Å². The Morgan fingerprint density at radius 3 is 2.60 bits per heavy atom. The molecular weight excluding hydrogens is 474 g/mol. The second-order valence-electron chi connectivity index (χ2n) is 9.35. The Hall–Kier alpha value is -3.25. The minimum atomic E-state index is -4.94. The van der Waals surface area contributed by atoms with E-state index in [-0.39, 0.29) is 49.1 Å². The van der Waals surface area contributed by atoms with Crippen molar-refractivity contribution in [1.29, 1.82) is 0 Å². The summed E-state index contributed by atoms with van der Waals surface area (Å²) in [4.78, 5) is 40.9. The monoisotopic (exact) mass is 501 g/mol. The van der Waals surface area contributed by atoms with Crippen LogP contribution in [0.5, 0.6) is 5.75 Å². The van der Waals surface area contributed by atoms with Crippen LogP contribution < -0.4 is 20.7 Å². The van der Waals surface area contributed by atoms with Crippen LogP contribution in [-0.4, -0.2) is 72.9 Å². The van der Waals surface area contributed by atoms with Gasteiger partial charge in [0.2, 0.25) is 5.91 Å². The number of carbonyl (C=O) groups is 3. The van der Waals surface area contributed by atoms with Crippen LogP contribution in [0.4, 0.5) is 27.2 Å². The average molecular weight is 501 g/mol. The zero-order valence-corrected chi connectivity index (χ0v) is 19.1. The summed E-state index contributed by atoms with van der Waals surface area (Å²) in [5.74, 6) is -1.73. The van der Waals surface area contributed by atoms with Gasteiger partial charge in [0.25, 0.3) is 0 Å². The summed E-state index contributed by atoms with van der Waals surface area (Å²) in [6.45, 7) is 0.849. The standard InChI is InChI=1S/C22H27F4N5O4/c1-27-19(33)30-10-15(7-21(12-30)8-18(32)29-11-21)31(14-3-4-14)20(34)28-9-13-2-5-16(6-17(13)23)35-22(24,25)26/h2,5-6,14-15H,3-4,7-12H2,1H3,(H,27,33)(H,28,34)(H,29,32). The molecule has 2 heterocycles. The third-order valence-electron chi connectivity index (χ3n) is 6.58. The molecule has 3 aliphatic rings. The fourth-order valence-electron chi connectivity index (χ4n) is 4.97. The molecule has 1 aliphatic carbocycles. The predicted octanol–water partition coefficient (Wildman–Crippen LogP) is 2.32. The molecule has 0 aromatic heterocycles. The van der Waals surface area contributed by atoms with Gasteiger partial charge in [-0.3, -0.25) is 4.79 Å². The molecule has 2 saturated heterocycles. The lowest BCUT2D eigenvalue weighted by Crippen LogP contribution is -2.61. The van der Waals surface area contributed by atoms with Crippen molar-refractivity contribution in [3.8, 4) is 5.75 Å². The second kappa shape index (κ2) is 9.42. The van der Waals surface area contributed by atoms with E-state index in [4.69, 9.17) is 0 Å². The van der Waals surface area contributed by atoms with E-state index in [1.54, 1.807) is 9.80 Å². The summed E-state index contributed by atoms with van der Waals surface area (Å²) in [6, 6.07) is 1.56. The number of hydrogen-bond acceptors (Lipinski definition) is 4. The Bertz CT molecular complexity index is 1000. The van der Waals surface area contributed by atoms with Gasteiger partial charge in [0.1, 0.15) is 11.6 Å². The molecule has 4 rings (SSSR count). The number of piperidine rings is 1. The van der Waals surface area contributed by atoms with E-state index in [2.05, 4.69) is 20.7 Å². The van der Waals surface area contributed by atoms with Crippen LogP contribution >= 0.6 is 0 Å². The van der Waals surface area contributed by atoms with E-state index in [0.29, 0.717) is 25.6 Å². The molecule has 13 heteroatoms. The summed E-state index contributed by atoms with van der Waals surface area (Å²) in [7, 11) is 1.52. The number of ether oxygens (including phenoxy) is 1. The van der Waals surface area contributed by atoms with Gasteiger partial charge < -0.3 is 30.5 Å². The number of hydrogen-bond donors (Lipinski definition) is 3. The summed E-state index contributed by atoms with van der Waals surface area (Å²) in [6.07, 6.45) is -2.58. The zero-order chi connectivity index (χ0) is 25.4. The highest BCUT2D eigenvalue weighted by Gasteiger charge is 2.50. The smallest absolute Gasteiger partial charge is 0.406 e. The van der Waals surface area contributed by atoms with Gasteiger partial charge in [0.05, 0.1) is 6.04 Å². The van der Waals surface area contributed by atoms with Crippen LogP contribution in [-0.2, 0) is 11.3 Å². The Labute approximate surface area is 199 Å². The number of benzene rings is 1. The maximum absolute atomic E-state index is 14.3. The summed E-state index contributed by atoms with van der Waals surface area (Å²) in [5.41, 5.74) is -0.485. The molecule has 1 spiro atoms. The molecule has 3 N–H and O–H groups in total. The van der Waals surface area contributed by atoms with E-state index in [1.165, 1.54) is 7.05 Å². The van der Waals surface area contributed by atoms with Gasteiger partial charge in [-0.1, -0.05) is 6.07 Å². The fourth-order valence-corrected chi connectivity index (χ4v) is 4.97. The van der Waals surface area contributed by atoms with Crippen molar-refractivity contribution < 1.29 is 36.7 Å². The molecule has 1 saturated carbocycles. The van der Waals surface area contributed by atoms with Crippen molar-refractivity contribution in [2.75, 3.05) is 26.7 Å². The molecule has 35 heavy (non-hydrogen) atoms. The normalized spacial score (nSPS) is 24.2. The zero-order valence-electron chi connectivity index (χ0n) is 19.1. The van der Waals surface area contributed by atoms with Gasteiger partial charge >= 0.3 is 18.4 Å². The van der Waals surface area contributed by atoms with Gasteiger partial charge in [-0.15, -0.1) is 13.2 Å². The van der Waals surface area contributed by atoms with Crippen molar-refractivity contribution in [2.45, 2.75) is 50.7 Å². The maximum atomic E-state index is 14.3. The molecular formula is C22H27F4N5O4. The van der Waals surface area contributed by atoms with E-state index in [0.717, 1.165) is 25.0 Å². The molecule has 5 amide bonds. The summed E-state index contributed by atoms with van der Waals surface area (Å²) < 4.78 is 55.1. The van der Waals surface area contributed by atoms with E-state index in [9.17, 15) is 31.9 Å². The van der Waals surface area contributed by atoms with Crippen LogP contribution in [0.15, 0.2) is 18.2 Å². The minimum absolute atomic E-state index is 0.00122. The third kappa shape index (κ3) is 5.88. The molecule has 1 aromatic carbocycles. The quantitative estimate of drug-likeness (QED) is 0.539. The first-order valence-electron chi connectivity index (χ1n) is 11.3. The predicted molar refractivity (Wildman–Crippen MR) is 115 cm³/mol. The number of halogens is 4. The highest BCUT2D eigenvalue weighted by molar-refractivity contribution is 5.80. The summed E-state index contributed by atoms with van der Waals surface area (Å²) >= 11 is 0. The van der Waals surface area contributed by atoms with Crippen molar-refractivity contribution in [2.24, 2.45) is 5.41 Å². The number of carbonyl (C=O) groups excluding carboxylic acids is 3. The summed E-state index contributed by atoms with van der Waals surface area (Å²) in [5, 5.41) is 8.08. The van der Waals surface area contributed by atoms with Crippen LogP contribution in [0.25, 0.3) is 0 Å². The Morgan fingerprint density at radius 2 is 2.03 bits per heavy atom. The number of rotatable bonds is 5. The first-order valence-corrected chi connectivity index (χ1v) is 11.3. The minimum Gasteiger partial charge on any atom is -0.406 e. The van der Waals surface area contributed by atoms with Crippen LogP contribution in [0.2, 0.25) is 0 Å². The van der Waals surface area contributed by atoms with Crippen LogP contribution in [0, 0.1) is 11.2 Å². The highest BCUT2D eigenvalue weighted by atomic mass is 19.4. The van der Waals surface area contributed by atoms with Crippen LogP contribution in [0.3, 0.4) is 0 Å². The molecule has 0 bridgehead atoms. The first-order chi connectivity index (χ1) is 16.5. The molecule has 2 aliphatic heterocycles. The number of alkyl halides is 3. The molecule has 2 atom stereocenters. The molecule has 1 aromatic rings. The number of urea groups is 2. The Balaban J connectivity index is 1.46. The second-order valence-corrected chi connectivity index (χ2v) is 9.35. The molecule has 9 nitrogen and oxygen atoms in total. The van der Waals surface area contributed by atoms with Gasteiger partial charge in [-0.25, -0.2) is 14.0 Å². The molecule has 192 valence electrons. The SMILES string of the molecule is CNC(=O)N1CC(N(C(=O)NCc2ccc(OC(F)(F)F)cc2F)C2CC2)CC2(CNC(=O)C2)C1. The average Bonchev–Trinajstić information content (AvgIpc) is 3.54. The van der Waals surface area contributed by atoms with E-state index >= 15 is 0 Å². The van der Waals surface area contributed by atoms with Crippen molar-refractivity contribution in [3.05, 3.63) is 29.6 Å². The lowest BCUT2D eigenvalue weighted by molar-refractivity contribution is -0.274. The molecule has 3 fully saturated rings. The Morgan fingerprint density at radius 1 is 1.29 bits per heavy atom. The topological polar surface area (TPSA) is 103 Å². The van der Waals surface area contributed by atoms with E-state index in [1.807, 2.05) is 0 Å². The van der Waals surface area contributed by atoms with E-state index < -0.39 is 29.4 Å². The lowest BCUT2D eigenvalue weighted by Gasteiger charge is -2.47. The van der Waals surface area contributed by atoms with Gasteiger partial charge in [-0.05, 0) is 25.3 Å². The number of likely N-dealkylation sites (tertiary alicyclic amines) is 1. The largest absolute Gasteiger partial charge is 0.573 e. The Kier molecular flexibility index (Phi) is 6.69. The fraction of sp³-hybridized carbons (Fsp3) is 0.591. The van der Waals surface area contributed by atoms with Crippen molar-refractivity contribution >= 4 is 18.0 Å². The maximum Gasteiger partial charge on any atom is 0.573 e. The number of nitrogens with zero attached hydrogens (tertiary/aromatic N) is 2. The lowest BCUT2D eigenvalue weighted by atomic mass is 9.76. The van der Waals surface area contributed by atoms with Crippen LogP contribution in [0.1, 0.15) is 31.2 Å². The van der Waals surface area contributed by atoms with Gasteiger partial charge in [0.15, 0.2) is 0 Å². The van der Waals surface area contributed by atoms with Crippen molar-refractivity contribution in [3.63, 3.8) is 0 Å². The number of amides is 5. The first kappa shape index (κ1) is 24.9. The van der Waals surface area contributed by atoms with Gasteiger partial charge in [0, 0.05) is 62.7 Å². The third-order valence-corrected chi connectivity index (χ3v) is 6.58. The molecule has 2 unspecified atom stereocenters. The van der Waals surface area contributed by atoms with Crippen molar-refractivity contribution in [1.82, 2.24) is 25.8 Å². The number of nitrogens with one attached hydrogen (secondary N) is 3. The molecule has 0 radical (unpaired) electrons. The highest BCUT2D eigenvalue weighted by Crippen LogP contribution is 2.40.